The molecule has 0 amide bonds. The number of rotatable bonds is 5. The van der Waals surface area contributed by atoms with Crippen molar-refractivity contribution in [3.63, 3.8) is 0 Å². The third kappa shape index (κ3) is 3.46. The minimum Gasteiger partial charge on any atom is -0.496 e. The van der Waals surface area contributed by atoms with Crippen LogP contribution in [-0.4, -0.2) is 12.1 Å². The molecule has 1 N–H and O–H groups in total. The second-order valence-electron chi connectivity index (χ2n) is 4.28. The van der Waals surface area contributed by atoms with Crippen molar-refractivity contribution in [1.29, 1.82) is 0 Å². The summed E-state index contributed by atoms with van der Waals surface area (Å²) >= 11 is 6.20. The molecule has 1 aromatic carbocycles. The van der Waals surface area contributed by atoms with E-state index in [2.05, 4.69) is 17.2 Å². The zero-order valence-electron chi connectivity index (χ0n) is 11.1. The minimum atomic E-state index is 0.155. The summed E-state index contributed by atoms with van der Waals surface area (Å²) < 4.78 is 5.32. The average Bonchev–Trinajstić information content (AvgIpc) is 2.46. The van der Waals surface area contributed by atoms with Gasteiger partial charge in [-0.2, -0.15) is 0 Å². The van der Waals surface area contributed by atoms with Crippen LogP contribution in [0.1, 0.15) is 24.2 Å². The third-order valence-electron chi connectivity index (χ3n) is 3.01. The molecule has 2 aromatic rings. The number of aromatic nitrogens is 1. The Balaban J connectivity index is 2.07. The second-order valence-corrected chi connectivity index (χ2v) is 4.69. The average molecular weight is 277 g/mol. The van der Waals surface area contributed by atoms with Crippen molar-refractivity contribution in [3.8, 4) is 5.75 Å². The van der Waals surface area contributed by atoms with Gasteiger partial charge in [0.15, 0.2) is 0 Å². The van der Waals surface area contributed by atoms with E-state index in [4.69, 9.17) is 16.3 Å². The van der Waals surface area contributed by atoms with Crippen LogP contribution in [0.15, 0.2) is 42.6 Å². The van der Waals surface area contributed by atoms with Crippen molar-refractivity contribution < 1.29 is 4.74 Å². The molecule has 0 spiro atoms. The lowest BCUT2D eigenvalue weighted by atomic mass is 10.1. The summed E-state index contributed by atoms with van der Waals surface area (Å²) in [4.78, 5) is 4.33. The molecule has 0 aliphatic heterocycles. The van der Waals surface area contributed by atoms with Crippen molar-refractivity contribution in [3.05, 3.63) is 58.9 Å². The number of hydrogen-bond acceptors (Lipinski definition) is 3. The van der Waals surface area contributed by atoms with Gasteiger partial charge in [-0.15, -0.1) is 0 Å². The van der Waals surface area contributed by atoms with Gasteiger partial charge in [0.25, 0.3) is 0 Å². The fourth-order valence-corrected chi connectivity index (χ4v) is 2.13. The highest BCUT2D eigenvalue weighted by Gasteiger charge is 2.10. The Morgan fingerprint density at radius 3 is 2.79 bits per heavy atom. The molecule has 4 heteroatoms. The maximum absolute atomic E-state index is 6.20. The van der Waals surface area contributed by atoms with Crippen molar-refractivity contribution in [2.24, 2.45) is 0 Å². The van der Waals surface area contributed by atoms with Crippen LogP contribution in [0.3, 0.4) is 0 Å². The highest BCUT2D eigenvalue weighted by molar-refractivity contribution is 6.31. The van der Waals surface area contributed by atoms with E-state index in [0.717, 1.165) is 17.0 Å². The first-order valence-electron chi connectivity index (χ1n) is 6.18. The van der Waals surface area contributed by atoms with Crippen LogP contribution in [0.4, 0.5) is 0 Å². The molecule has 0 bridgehead atoms. The first kappa shape index (κ1) is 13.8. The Morgan fingerprint density at radius 1 is 1.26 bits per heavy atom. The molecule has 100 valence electrons. The summed E-state index contributed by atoms with van der Waals surface area (Å²) in [6.07, 6.45) is 1.80. The van der Waals surface area contributed by atoms with E-state index in [1.165, 1.54) is 0 Å². The van der Waals surface area contributed by atoms with E-state index in [0.29, 0.717) is 11.6 Å². The molecular weight excluding hydrogens is 260 g/mol. The summed E-state index contributed by atoms with van der Waals surface area (Å²) in [5.74, 6) is 0.799. The van der Waals surface area contributed by atoms with Crippen LogP contribution >= 0.6 is 11.6 Å². The Kier molecular flexibility index (Phi) is 4.77. The normalized spacial score (nSPS) is 12.2. The number of ether oxygens (including phenoxy) is 1. The first-order chi connectivity index (χ1) is 9.22. The Bertz CT molecular complexity index is 531. The number of nitrogens with one attached hydrogen (secondary N) is 1. The smallest absolute Gasteiger partial charge is 0.124 e. The topological polar surface area (TPSA) is 34.1 Å². The predicted octanol–water partition coefficient (Wildman–Crippen LogP) is 3.59. The fourth-order valence-electron chi connectivity index (χ4n) is 1.89. The largest absolute Gasteiger partial charge is 0.496 e. The van der Waals surface area contributed by atoms with Gasteiger partial charge in [0.1, 0.15) is 5.75 Å². The van der Waals surface area contributed by atoms with Gasteiger partial charge in [0, 0.05) is 29.4 Å². The molecule has 0 radical (unpaired) electrons. The highest BCUT2D eigenvalue weighted by Crippen LogP contribution is 2.26. The quantitative estimate of drug-likeness (QED) is 0.906. The molecule has 3 nitrogen and oxygen atoms in total. The summed E-state index contributed by atoms with van der Waals surface area (Å²) in [5, 5.41) is 4.11. The second kappa shape index (κ2) is 6.55. The maximum atomic E-state index is 6.20. The van der Waals surface area contributed by atoms with Crippen LogP contribution in [0.25, 0.3) is 0 Å². The van der Waals surface area contributed by atoms with E-state index < -0.39 is 0 Å². The van der Waals surface area contributed by atoms with Crippen LogP contribution in [-0.2, 0) is 6.54 Å². The number of methoxy groups -OCH3 is 1. The van der Waals surface area contributed by atoms with Gasteiger partial charge in [-0.25, -0.2) is 0 Å². The molecule has 0 saturated carbocycles. The molecule has 19 heavy (non-hydrogen) atoms. The Morgan fingerprint density at radius 2 is 2.11 bits per heavy atom. The summed E-state index contributed by atoms with van der Waals surface area (Å²) in [6, 6.07) is 11.7. The Hall–Kier alpha value is -1.58. The van der Waals surface area contributed by atoms with Gasteiger partial charge in [-0.05, 0) is 31.2 Å². The van der Waals surface area contributed by atoms with Gasteiger partial charge in [0.05, 0.1) is 12.8 Å². The molecule has 1 aromatic heterocycles. The van der Waals surface area contributed by atoms with Crippen molar-refractivity contribution in [2.45, 2.75) is 19.5 Å². The third-order valence-corrected chi connectivity index (χ3v) is 3.37. The van der Waals surface area contributed by atoms with Crippen LogP contribution in [0.5, 0.6) is 5.75 Å². The predicted molar refractivity (Wildman–Crippen MR) is 77.5 cm³/mol. The molecule has 0 aliphatic rings. The van der Waals surface area contributed by atoms with Gasteiger partial charge in [-0.3, -0.25) is 4.98 Å². The van der Waals surface area contributed by atoms with Crippen LogP contribution in [0.2, 0.25) is 5.02 Å². The lowest BCUT2D eigenvalue weighted by Crippen LogP contribution is -2.19. The van der Waals surface area contributed by atoms with E-state index in [1.807, 2.05) is 36.4 Å². The lowest BCUT2D eigenvalue weighted by molar-refractivity contribution is 0.406. The standard InChI is InChI=1S/C15H17ClN2O/c1-11(14-7-3-4-9-17-14)18-10-12-13(16)6-5-8-15(12)19-2/h3-9,11,18H,10H2,1-2H3. The van der Waals surface area contributed by atoms with Crippen molar-refractivity contribution >= 4 is 11.6 Å². The summed E-state index contributed by atoms with van der Waals surface area (Å²) in [7, 11) is 1.65. The molecule has 0 saturated heterocycles. The van der Waals surface area contributed by atoms with E-state index >= 15 is 0 Å². The number of nitrogens with zero attached hydrogens (tertiary/aromatic N) is 1. The molecular formula is C15H17ClN2O. The zero-order chi connectivity index (χ0) is 13.7. The molecule has 0 aliphatic carbocycles. The molecule has 2 rings (SSSR count). The molecule has 1 unspecified atom stereocenters. The van der Waals surface area contributed by atoms with Gasteiger partial charge in [0.2, 0.25) is 0 Å². The van der Waals surface area contributed by atoms with Crippen LogP contribution < -0.4 is 10.1 Å². The van der Waals surface area contributed by atoms with Gasteiger partial charge in [-0.1, -0.05) is 23.7 Å². The summed E-state index contributed by atoms with van der Waals surface area (Å²) in [5.41, 5.74) is 1.97. The van der Waals surface area contributed by atoms with Crippen LogP contribution in [0, 0.1) is 0 Å². The number of benzene rings is 1. The van der Waals surface area contributed by atoms with E-state index in [9.17, 15) is 0 Å². The monoisotopic (exact) mass is 276 g/mol. The molecule has 0 fully saturated rings. The lowest BCUT2D eigenvalue weighted by Gasteiger charge is -2.15. The van der Waals surface area contributed by atoms with Crippen molar-refractivity contribution in [2.75, 3.05) is 7.11 Å². The van der Waals surface area contributed by atoms with Crippen molar-refractivity contribution in [1.82, 2.24) is 10.3 Å². The SMILES string of the molecule is COc1cccc(Cl)c1CNC(C)c1ccccn1. The summed E-state index contributed by atoms with van der Waals surface area (Å²) in [6.45, 7) is 2.71. The highest BCUT2D eigenvalue weighted by atomic mass is 35.5. The van der Waals surface area contributed by atoms with E-state index in [-0.39, 0.29) is 6.04 Å². The number of halogens is 1. The number of pyridine rings is 1. The molecule has 1 atom stereocenters. The van der Waals surface area contributed by atoms with Gasteiger partial charge >= 0.3 is 0 Å². The van der Waals surface area contributed by atoms with Gasteiger partial charge < -0.3 is 10.1 Å². The minimum absolute atomic E-state index is 0.155. The number of hydrogen-bond donors (Lipinski definition) is 1. The fraction of sp³-hybridized carbons (Fsp3) is 0.267. The Labute approximate surface area is 118 Å². The van der Waals surface area contributed by atoms with E-state index in [1.54, 1.807) is 13.3 Å². The maximum Gasteiger partial charge on any atom is 0.124 e. The zero-order valence-corrected chi connectivity index (χ0v) is 11.8. The molecule has 1 heterocycles. The first-order valence-corrected chi connectivity index (χ1v) is 6.56.